The van der Waals surface area contributed by atoms with Crippen molar-refractivity contribution in [3.05, 3.63) is 35.9 Å². The van der Waals surface area contributed by atoms with E-state index in [0.717, 1.165) is 5.56 Å². The predicted octanol–water partition coefficient (Wildman–Crippen LogP) is 2.85. The zero-order valence-corrected chi connectivity index (χ0v) is 10.5. The molecule has 0 radical (unpaired) electrons. The normalized spacial score (nSPS) is 15.2. The standard InChI is InChI=1S/C10H15O3PS/c1-9(2)13-14(11,15)12-8-10-6-4-3-5-7-10/h3-7,9H,8H2,1-2H3,(H,11,15). The molecule has 15 heavy (non-hydrogen) atoms. The van der Waals surface area contributed by atoms with Gasteiger partial charge in [-0.3, -0.25) is 0 Å². The molecule has 84 valence electrons. The molecule has 1 N–H and O–H groups in total. The molecule has 1 rings (SSSR count). The van der Waals surface area contributed by atoms with Crippen molar-refractivity contribution in [1.29, 1.82) is 0 Å². The third-order valence-electron chi connectivity index (χ3n) is 1.58. The first-order valence-corrected chi connectivity index (χ1v) is 7.28. The van der Waals surface area contributed by atoms with Gasteiger partial charge in [0.1, 0.15) is 0 Å². The molecule has 0 amide bonds. The molecule has 1 aromatic rings. The summed E-state index contributed by atoms with van der Waals surface area (Å²) >= 11 is 4.84. The van der Waals surface area contributed by atoms with Crippen molar-refractivity contribution >= 4 is 18.5 Å². The summed E-state index contributed by atoms with van der Waals surface area (Å²) in [7, 11) is 0. The maximum Gasteiger partial charge on any atom is 0.325 e. The van der Waals surface area contributed by atoms with Gasteiger partial charge in [-0.05, 0) is 31.2 Å². The fourth-order valence-corrected chi connectivity index (χ4v) is 2.61. The van der Waals surface area contributed by atoms with E-state index in [-0.39, 0.29) is 12.7 Å². The second-order valence-electron chi connectivity index (χ2n) is 3.38. The molecule has 0 aromatic heterocycles. The summed E-state index contributed by atoms with van der Waals surface area (Å²) < 4.78 is 10.3. The van der Waals surface area contributed by atoms with E-state index in [2.05, 4.69) is 0 Å². The highest BCUT2D eigenvalue weighted by molar-refractivity contribution is 8.07. The Kier molecular flexibility index (Phi) is 4.90. The van der Waals surface area contributed by atoms with Crippen molar-refractivity contribution in [1.82, 2.24) is 0 Å². The first-order chi connectivity index (χ1) is 6.99. The first-order valence-electron chi connectivity index (χ1n) is 4.69. The van der Waals surface area contributed by atoms with E-state index in [1.165, 1.54) is 0 Å². The number of benzene rings is 1. The van der Waals surface area contributed by atoms with Gasteiger partial charge in [0.2, 0.25) is 0 Å². The zero-order valence-electron chi connectivity index (χ0n) is 8.79. The Bertz CT molecular complexity index is 340. The Labute approximate surface area is 95.3 Å². The molecule has 3 nitrogen and oxygen atoms in total. The lowest BCUT2D eigenvalue weighted by atomic mass is 10.2. The highest BCUT2D eigenvalue weighted by Crippen LogP contribution is 2.45. The van der Waals surface area contributed by atoms with Crippen LogP contribution in [0.1, 0.15) is 19.4 Å². The highest BCUT2D eigenvalue weighted by Gasteiger charge is 2.16. The van der Waals surface area contributed by atoms with Gasteiger partial charge in [0.15, 0.2) is 0 Å². The van der Waals surface area contributed by atoms with Crippen LogP contribution >= 0.6 is 6.72 Å². The number of hydrogen-bond acceptors (Lipinski definition) is 3. The van der Waals surface area contributed by atoms with E-state index in [4.69, 9.17) is 20.9 Å². The second-order valence-corrected chi connectivity index (χ2v) is 6.17. The van der Waals surface area contributed by atoms with Crippen LogP contribution in [0, 0.1) is 0 Å². The van der Waals surface area contributed by atoms with Crippen LogP contribution in [0.5, 0.6) is 0 Å². The molecule has 0 saturated carbocycles. The lowest BCUT2D eigenvalue weighted by Crippen LogP contribution is -2.02. The second kappa shape index (κ2) is 5.73. The fourth-order valence-electron chi connectivity index (χ4n) is 1.03. The summed E-state index contributed by atoms with van der Waals surface area (Å²) in [5, 5.41) is 0. The Balaban J connectivity index is 2.46. The quantitative estimate of drug-likeness (QED) is 0.811. The summed E-state index contributed by atoms with van der Waals surface area (Å²) in [5.41, 5.74) is 0.966. The van der Waals surface area contributed by atoms with Crippen LogP contribution < -0.4 is 0 Å². The molecule has 1 unspecified atom stereocenters. The van der Waals surface area contributed by atoms with Gasteiger partial charge in [-0.1, -0.05) is 30.3 Å². The van der Waals surface area contributed by atoms with Gasteiger partial charge >= 0.3 is 6.72 Å². The molecule has 1 atom stereocenters. The van der Waals surface area contributed by atoms with Gasteiger partial charge in [-0.2, -0.15) is 0 Å². The van der Waals surface area contributed by atoms with Crippen LogP contribution in [0.4, 0.5) is 0 Å². The molecule has 0 aliphatic rings. The summed E-state index contributed by atoms with van der Waals surface area (Å²) in [6, 6.07) is 9.55. The minimum atomic E-state index is -3.08. The number of rotatable bonds is 5. The average Bonchev–Trinajstić information content (AvgIpc) is 2.15. The van der Waals surface area contributed by atoms with Gasteiger partial charge in [0.05, 0.1) is 12.7 Å². The van der Waals surface area contributed by atoms with Gasteiger partial charge in [0, 0.05) is 0 Å². The van der Waals surface area contributed by atoms with Gasteiger partial charge < -0.3 is 13.9 Å². The molecule has 0 fully saturated rings. The highest BCUT2D eigenvalue weighted by atomic mass is 32.5. The lowest BCUT2D eigenvalue weighted by molar-refractivity contribution is 0.157. The molecule has 0 heterocycles. The maximum atomic E-state index is 9.63. The van der Waals surface area contributed by atoms with Gasteiger partial charge in [-0.25, -0.2) is 0 Å². The SMILES string of the molecule is CC(C)OP(O)(=S)OCc1ccccc1. The van der Waals surface area contributed by atoms with Crippen molar-refractivity contribution in [2.24, 2.45) is 0 Å². The topological polar surface area (TPSA) is 38.7 Å². The molecule has 5 heteroatoms. The van der Waals surface area contributed by atoms with Gasteiger partial charge in [0.25, 0.3) is 0 Å². The Hall–Kier alpha value is -0.250. The van der Waals surface area contributed by atoms with E-state index in [9.17, 15) is 4.89 Å². The molecule has 1 aromatic carbocycles. The monoisotopic (exact) mass is 246 g/mol. The minimum absolute atomic E-state index is 0.128. The van der Waals surface area contributed by atoms with Gasteiger partial charge in [-0.15, -0.1) is 0 Å². The van der Waals surface area contributed by atoms with E-state index in [1.807, 2.05) is 44.2 Å². The smallest absolute Gasteiger partial charge is 0.324 e. The van der Waals surface area contributed by atoms with Crippen LogP contribution in [0.15, 0.2) is 30.3 Å². The van der Waals surface area contributed by atoms with Crippen LogP contribution in [0.3, 0.4) is 0 Å². The summed E-state index contributed by atoms with van der Waals surface area (Å²) in [5.74, 6) is 0. The average molecular weight is 246 g/mol. The first kappa shape index (κ1) is 12.8. The third-order valence-corrected chi connectivity index (χ3v) is 3.30. The van der Waals surface area contributed by atoms with Crippen molar-refractivity contribution in [2.45, 2.75) is 26.6 Å². The van der Waals surface area contributed by atoms with Crippen LogP contribution in [-0.4, -0.2) is 11.0 Å². The molecule has 0 bridgehead atoms. The summed E-state index contributed by atoms with van der Waals surface area (Å²) in [6.07, 6.45) is -0.128. The van der Waals surface area contributed by atoms with Crippen molar-refractivity contribution < 1.29 is 13.9 Å². The molecular formula is C10H15O3PS. The zero-order chi connectivity index (χ0) is 11.3. The van der Waals surface area contributed by atoms with Crippen molar-refractivity contribution in [3.8, 4) is 0 Å². The van der Waals surface area contributed by atoms with E-state index in [1.54, 1.807) is 0 Å². The largest absolute Gasteiger partial charge is 0.325 e. The molecular weight excluding hydrogens is 231 g/mol. The predicted molar refractivity (Wildman–Crippen MR) is 64.0 cm³/mol. The Morgan fingerprint density at radius 1 is 1.33 bits per heavy atom. The van der Waals surface area contributed by atoms with Crippen LogP contribution in [0.25, 0.3) is 0 Å². The molecule has 0 aliphatic carbocycles. The van der Waals surface area contributed by atoms with Crippen LogP contribution in [0.2, 0.25) is 0 Å². The van der Waals surface area contributed by atoms with E-state index in [0.29, 0.717) is 0 Å². The summed E-state index contributed by atoms with van der Waals surface area (Å²) in [6.45, 7) is 0.816. The molecule has 0 saturated heterocycles. The summed E-state index contributed by atoms with van der Waals surface area (Å²) in [4.78, 5) is 9.63. The maximum absolute atomic E-state index is 9.63. The molecule has 0 aliphatic heterocycles. The Morgan fingerprint density at radius 3 is 2.47 bits per heavy atom. The van der Waals surface area contributed by atoms with E-state index >= 15 is 0 Å². The van der Waals surface area contributed by atoms with Crippen LogP contribution in [-0.2, 0) is 27.5 Å². The minimum Gasteiger partial charge on any atom is -0.324 e. The number of hydrogen-bond donors (Lipinski definition) is 1. The lowest BCUT2D eigenvalue weighted by Gasteiger charge is -2.17. The van der Waals surface area contributed by atoms with Crippen molar-refractivity contribution in [3.63, 3.8) is 0 Å². The third kappa shape index (κ3) is 5.40. The van der Waals surface area contributed by atoms with Crippen molar-refractivity contribution in [2.75, 3.05) is 0 Å². The Morgan fingerprint density at radius 2 is 1.93 bits per heavy atom. The van der Waals surface area contributed by atoms with E-state index < -0.39 is 6.72 Å². The fraction of sp³-hybridized carbons (Fsp3) is 0.400. The molecule has 0 spiro atoms.